The largest absolute Gasteiger partial charge is 0.488 e. The van der Waals surface area contributed by atoms with E-state index >= 15 is 0 Å². The first-order chi connectivity index (χ1) is 14.7. The van der Waals surface area contributed by atoms with Crippen molar-refractivity contribution in [1.82, 2.24) is 0 Å². The highest BCUT2D eigenvalue weighted by molar-refractivity contribution is 5.69. The Balaban J connectivity index is 1.52. The summed E-state index contributed by atoms with van der Waals surface area (Å²) in [6.45, 7) is 4.29. The van der Waals surface area contributed by atoms with Crippen molar-refractivity contribution >= 4 is 5.96 Å². The van der Waals surface area contributed by atoms with Crippen LogP contribution in [0.1, 0.15) is 16.7 Å². The highest BCUT2D eigenvalue weighted by atomic mass is 16.5. The van der Waals surface area contributed by atoms with E-state index in [9.17, 15) is 0 Å². The molecule has 30 heavy (non-hydrogen) atoms. The van der Waals surface area contributed by atoms with Gasteiger partial charge in [0.05, 0.1) is 6.54 Å². The van der Waals surface area contributed by atoms with Gasteiger partial charge in [-0.3, -0.25) is 16.5 Å². The minimum absolute atomic E-state index is 0.257. The molecule has 0 aromatic heterocycles. The number of quaternary nitrogens is 1. The molecule has 6 N–H and O–H groups in total. The molecular weight excluding hydrogens is 372 g/mol. The van der Waals surface area contributed by atoms with Crippen LogP contribution in [0.5, 0.6) is 5.75 Å². The van der Waals surface area contributed by atoms with Crippen LogP contribution >= 0.6 is 0 Å². The average molecular weight is 405 g/mol. The molecule has 0 amide bonds. The Hall–Kier alpha value is -3.31. The summed E-state index contributed by atoms with van der Waals surface area (Å²) < 4.78 is 6.03. The molecule has 5 nitrogen and oxygen atoms in total. The van der Waals surface area contributed by atoms with Gasteiger partial charge >= 0.3 is 5.96 Å². The molecule has 0 bridgehead atoms. The molecule has 0 fully saturated rings. The van der Waals surface area contributed by atoms with Crippen LogP contribution in [0.4, 0.5) is 0 Å². The van der Waals surface area contributed by atoms with Crippen LogP contribution in [-0.4, -0.2) is 25.7 Å². The number of benzene rings is 3. The molecule has 3 aromatic carbocycles. The van der Waals surface area contributed by atoms with Gasteiger partial charge in [0.2, 0.25) is 0 Å². The first-order valence-electron chi connectivity index (χ1n) is 10.4. The molecule has 5 heteroatoms. The standard InChI is InChI=1S/C25H30N4O/c26-25(27)28-16-15-21-11-13-24(14-12-21)30-18-17-29(19-22-7-3-1-4-8-22)20-23-9-5-2-6-10-23/h1-14H,15-20H2,(H4,26,27,28)/p+2. The van der Waals surface area contributed by atoms with Crippen LogP contribution < -0.4 is 26.1 Å². The van der Waals surface area contributed by atoms with Gasteiger partial charge < -0.3 is 9.64 Å². The topological polar surface area (TPSA) is 79.7 Å². The number of nitrogens with two attached hydrogens (primary N) is 2. The Bertz CT molecular complexity index is 850. The molecule has 0 saturated carbocycles. The molecule has 3 aromatic rings. The summed E-state index contributed by atoms with van der Waals surface area (Å²) in [4.78, 5) is 4.41. The van der Waals surface area contributed by atoms with E-state index in [1.54, 1.807) is 0 Å². The number of rotatable bonds is 11. The Morgan fingerprint density at radius 2 is 1.30 bits per heavy atom. The van der Waals surface area contributed by atoms with Crippen molar-refractivity contribution in [3.63, 3.8) is 0 Å². The lowest BCUT2D eigenvalue weighted by atomic mass is 10.1. The van der Waals surface area contributed by atoms with E-state index in [4.69, 9.17) is 16.2 Å². The first kappa shape index (κ1) is 21.4. The first-order valence-corrected chi connectivity index (χ1v) is 10.4. The predicted molar refractivity (Wildman–Crippen MR) is 121 cm³/mol. The minimum Gasteiger partial charge on any atom is -0.488 e. The molecule has 0 aliphatic rings. The zero-order chi connectivity index (χ0) is 21.0. The monoisotopic (exact) mass is 404 g/mol. The second-order valence-corrected chi connectivity index (χ2v) is 7.45. The van der Waals surface area contributed by atoms with Crippen LogP contribution in [0.3, 0.4) is 0 Å². The van der Waals surface area contributed by atoms with Crippen LogP contribution in [0, 0.1) is 0 Å². The zero-order valence-corrected chi connectivity index (χ0v) is 17.4. The highest BCUT2D eigenvalue weighted by Gasteiger charge is 2.11. The molecule has 0 radical (unpaired) electrons. The van der Waals surface area contributed by atoms with Crippen molar-refractivity contribution in [2.45, 2.75) is 19.5 Å². The minimum atomic E-state index is 0.257. The number of ether oxygens (including phenoxy) is 1. The highest BCUT2D eigenvalue weighted by Crippen LogP contribution is 2.12. The van der Waals surface area contributed by atoms with Crippen molar-refractivity contribution in [2.75, 3.05) is 19.7 Å². The van der Waals surface area contributed by atoms with E-state index in [0.29, 0.717) is 6.61 Å². The molecular formula is C25H32N4O+2. The second kappa shape index (κ2) is 11.6. The lowest BCUT2D eigenvalue weighted by molar-refractivity contribution is -0.927. The van der Waals surface area contributed by atoms with Gasteiger partial charge in [0.25, 0.3) is 0 Å². The molecule has 156 valence electrons. The molecule has 0 atom stereocenters. The number of hydrogen-bond acceptors (Lipinski definition) is 1. The average Bonchev–Trinajstić information content (AvgIpc) is 2.76. The van der Waals surface area contributed by atoms with E-state index in [2.05, 4.69) is 77.8 Å². The smallest absolute Gasteiger partial charge is 0.338 e. The van der Waals surface area contributed by atoms with Crippen LogP contribution in [0.15, 0.2) is 84.9 Å². The third-order valence-electron chi connectivity index (χ3n) is 4.98. The van der Waals surface area contributed by atoms with E-state index in [0.717, 1.165) is 38.3 Å². The fourth-order valence-corrected chi connectivity index (χ4v) is 3.43. The van der Waals surface area contributed by atoms with Gasteiger partial charge in [-0.05, 0) is 17.7 Å². The number of hydrogen-bond donors (Lipinski definition) is 4. The van der Waals surface area contributed by atoms with E-state index in [1.807, 2.05) is 12.1 Å². The normalized spacial score (nSPS) is 10.7. The SMILES string of the molecule is NC(N)=[NH+]CCc1ccc(OCC[NH+](Cc2ccccc2)Cc2ccccc2)cc1. The van der Waals surface area contributed by atoms with E-state index in [-0.39, 0.29) is 5.96 Å². The lowest BCUT2D eigenvalue weighted by Crippen LogP contribution is -3.10. The summed E-state index contributed by atoms with van der Waals surface area (Å²) in [6.07, 6.45) is 0.865. The Morgan fingerprint density at radius 1 is 0.733 bits per heavy atom. The molecule has 0 spiro atoms. The molecule has 0 saturated heterocycles. The molecule has 0 aliphatic carbocycles. The Labute approximate surface area is 179 Å². The van der Waals surface area contributed by atoms with Gasteiger partial charge in [-0.15, -0.1) is 0 Å². The van der Waals surface area contributed by atoms with E-state index < -0.39 is 0 Å². The van der Waals surface area contributed by atoms with Gasteiger partial charge in [-0.25, -0.2) is 0 Å². The van der Waals surface area contributed by atoms with Crippen LogP contribution in [-0.2, 0) is 19.5 Å². The third-order valence-corrected chi connectivity index (χ3v) is 4.98. The van der Waals surface area contributed by atoms with Gasteiger partial charge in [-0.1, -0.05) is 72.8 Å². The molecule has 0 aliphatic heterocycles. The maximum atomic E-state index is 6.03. The molecule has 0 unspecified atom stereocenters. The summed E-state index contributed by atoms with van der Waals surface area (Å²) in [6, 6.07) is 29.5. The maximum Gasteiger partial charge on any atom is 0.338 e. The van der Waals surface area contributed by atoms with Gasteiger partial charge in [0.15, 0.2) is 0 Å². The van der Waals surface area contributed by atoms with Crippen molar-refractivity contribution in [1.29, 1.82) is 0 Å². The summed E-state index contributed by atoms with van der Waals surface area (Å²) in [5.74, 6) is 1.16. The Kier molecular flexibility index (Phi) is 8.30. The number of guanidine groups is 1. The number of nitrogens with one attached hydrogen (secondary N) is 2. The van der Waals surface area contributed by atoms with Crippen molar-refractivity contribution in [3.8, 4) is 5.75 Å². The Morgan fingerprint density at radius 3 is 1.83 bits per heavy atom. The lowest BCUT2D eigenvalue weighted by Gasteiger charge is -2.20. The molecule has 0 heterocycles. The summed E-state index contributed by atoms with van der Waals surface area (Å²) in [7, 11) is 0. The van der Waals surface area contributed by atoms with Crippen molar-refractivity contribution in [3.05, 3.63) is 102 Å². The van der Waals surface area contributed by atoms with Gasteiger partial charge in [-0.2, -0.15) is 0 Å². The second-order valence-electron chi connectivity index (χ2n) is 7.45. The molecule has 3 rings (SSSR count). The predicted octanol–water partition coefficient (Wildman–Crippen LogP) is 0.247. The van der Waals surface area contributed by atoms with Gasteiger partial charge in [0, 0.05) is 17.5 Å². The zero-order valence-electron chi connectivity index (χ0n) is 17.4. The maximum absolute atomic E-state index is 6.03. The summed E-state index contributed by atoms with van der Waals surface area (Å²) >= 11 is 0. The fraction of sp³-hybridized carbons (Fsp3) is 0.240. The van der Waals surface area contributed by atoms with Gasteiger partial charge in [0.1, 0.15) is 32.0 Å². The van der Waals surface area contributed by atoms with Crippen LogP contribution in [0.2, 0.25) is 0 Å². The van der Waals surface area contributed by atoms with Crippen molar-refractivity contribution < 1.29 is 14.6 Å². The summed E-state index contributed by atoms with van der Waals surface area (Å²) in [5, 5.41) is 0. The quantitative estimate of drug-likeness (QED) is 0.273. The summed E-state index contributed by atoms with van der Waals surface area (Å²) in [5.41, 5.74) is 14.7. The van der Waals surface area contributed by atoms with Crippen molar-refractivity contribution in [2.24, 2.45) is 11.5 Å². The van der Waals surface area contributed by atoms with E-state index in [1.165, 1.54) is 21.6 Å². The third kappa shape index (κ3) is 7.60. The fourth-order valence-electron chi connectivity index (χ4n) is 3.43. The van der Waals surface area contributed by atoms with Crippen LogP contribution in [0.25, 0.3) is 0 Å².